The van der Waals surface area contributed by atoms with E-state index in [1.54, 1.807) is 12.1 Å². The van der Waals surface area contributed by atoms with Crippen LogP contribution in [0.3, 0.4) is 0 Å². The number of carbonyl (C=O) groups excluding carboxylic acids is 1. The highest BCUT2D eigenvalue weighted by Crippen LogP contribution is 2.21. The molecular weight excluding hydrogens is 320 g/mol. The minimum Gasteiger partial charge on any atom is -0.507 e. The van der Waals surface area contributed by atoms with E-state index in [4.69, 9.17) is 9.47 Å². The number of rotatable bonds is 7. The van der Waals surface area contributed by atoms with E-state index in [2.05, 4.69) is 24.4 Å². The third-order valence-corrected chi connectivity index (χ3v) is 3.55. The smallest absolute Gasteiger partial charge is 0.277 e. The summed E-state index contributed by atoms with van der Waals surface area (Å²) in [5.74, 6) is 1.23. The van der Waals surface area contributed by atoms with Gasteiger partial charge in [0.1, 0.15) is 17.2 Å². The van der Waals surface area contributed by atoms with E-state index in [0.717, 1.165) is 0 Å². The fourth-order valence-corrected chi connectivity index (χ4v) is 2.06. The van der Waals surface area contributed by atoms with Crippen molar-refractivity contribution in [2.75, 3.05) is 13.7 Å². The average Bonchev–Trinajstić information content (AvgIpc) is 2.61. The molecular formula is C19H22N2O4. The van der Waals surface area contributed by atoms with Gasteiger partial charge < -0.3 is 14.6 Å². The molecule has 0 spiro atoms. The van der Waals surface area contributed by atoms with E-state index in [0.29, 0.717) is 23.0 Å². The molecule has 0 atom stereocenters. The summed E-state index contributed by atoms with van der Waals surface area (Å²) in [4.78, 5) is 11.7. The molecule has 0 radical (unpaired) electrons. The number of hydrogen-bond donors (Lipinski definition) is 2. The Labute approximate surface area is 147 Å². The molecule has 0 aromatic heterocycles. The number of phenolic OH excluding ortho intramolecular Hbond substituents is 1. The van der Waals surface area contributed by atoms with Gasteiger partial charge in [-0.15, -0.1) is 0 Å². The number of hydrazone groups is 1. The number of nitrogens with one attached hydrogen (secondary N) is 1. The molecule has 0 heterocycles. The highest BCUT2D eigenvalue weighted by atomic mass is 16.5. The zero-order valence-electron chi connectivity index (χ0n) is 14.5. The molecule has 2 rings (SSSR count). The predicted molar refractivity (Wildman–Crippen MR) is 96.4 cm³/mol. The van der Waals surface area contributed by atoms with E-state index >= 15 is 0 Å². The first-order valence-corrected chi connectivity index (χ1v) is 7.91. The molecule has 0 fully saturated rings. The Balaban J connectivity index is 1.82. The lowest BCUT2D eigenvalue weighted by Crippen LogP contribution is -2.24. The molecule has 2 aromatic rings. The van der Waals surface area contributed by atoms with Crippen molar-refractivity contribution < 1.29 is 19.4 Å². The van der Waals surface area contributed by atoms with Crippen LogP contribution < -0.4 is 14.9 Å². The van der Waals surface area contributed by atoms with Crippen LogP contribution in [-0.2, 0) is 4.79 Å². The van der Waals surface area contributed by atoms with Crippen molar-refractivity contribution in [1.82, 2.24) is 5.43 Å². The first-order valence-electron chi connectivity index (χ1n) is 7.91. The zero-order chi connectivity index (χ0) is 18.2. The number of phenols is 1. The maximum atomic E-state index is 11.7. The van der Waals surface area contributed by atoms with Crippen LogP contribution in [0.4, 0.5) is 0 Å². The Bertz CT molecular complexity index is 740. The van der Waals surface area contributed by atoms with Crippen molar-refractivity contribution in [3.05, 3.63) is 53.6 Å². The quantitative estimate of drug-likeness (QED) is 0.599. The third-order valence-electron chi connectivity index (χ3n) is 3.55. The van der Waals surface area contributed by atoms with Crippen molar-refractivity contribution in [2.45, 2.75) is 19.8 Å². The Kier molecular flexibility index (Phi) is 6.39. The maximum Gasteiger partial charge on any atom is 0.277 e. The Hall–Kier alpha value is -3.02. The second-order valence-corrected chi connectivity index (χ2v) is 5.73. The molecule has 0 aliphatic carbocycles. The number of hydrogen-bond acceptors (Lipinski definition) is 5. The van der Waals surface area contributed by atoms with Gasteiger partial charge in [-0.25, -0.2) is 5.43 Å². The van der Waals surface area contributed by atoms with Crippen LogP contribution in [-0.4, -0.2) is 30.9 Å². The molecule has 6 nitrogen and oxygen atoms in total. The number of benzene rings is 2. The van der Waals surface area contributed by atoms with Gasteiger partial charge in [0, 0.05) is 11.6 Å². The van der Waals surface area contributed by atoms with E-state index in [9.17, 15) is 9.90 Å². The summed E-state index contributed by atoms with van der Waals surface area (Å²) in [5.41, 5.74) is 4.02. The molecule has 2 N–H and O–H groups in total. The monoisotopic (exact) mass is 342 g/mol. The first-order chi connectivity index (χ1) is 12.0. The van der Waals surface area contributed by atoms with E-state index < -0.39 is 5.91 Å². The number of nitrogens with zero attached hydrogens (tertiary/aromatic N) is 1. The summed E-state index contributed by atoms with van der Waals surface area (Å²) < 4.78 is 10.4. The van der Waals surface area contributed by atoms with Crippen LogP contribution >= 0.6 is 0 Å². The molecule has 2 aromatic carbocycles. The van der Waals surface area contributed by atoms with Gasteiger partial charge in [-0.1, -0.05) is 26.0 Å². The topological polar surface area (TPSA) is 80.2 Å². The molecule has 6 heteroatoms. The number of carbonyl (C=O) groups is 1. The highest BCUT2D eigenvalue weighted by molar-refractivity contribution is 5.85. The van der Waals surface area contributed by atoms with Crippen molar-refractivity contribution in [2.24, 2.45) is 5.10 Å². The van der Waals surface area contributed by atoms with Crippen LogP contribution in [0.1, 0.15) is 30.9 Å². The summed E-state index contributed by atoms with van der Waals surface area (Å²) in [6, 6.07) is 12.4. The number of aromatic hydroxyl groups is 1. The molecule has 1 amide bonds. The standard InChI is InChI=1S/C19H22N2O4/c1-13(2)14-4-7-16(8-5-14)25-12-19(23)21-20-11-15-6-9-17(24-3)10-18(15)22/h4-11,13,22H,12H2,1-3H3,(H,21,23). The average molecular weight is 342 g/mol. The van der Waals surface area contributed by atoms with Gasteiger partial charge in [-0.2, -0.15) is 5.10 Å². The fraction of sp³-hybridized carbons (Fsp3) is 0.263. The summed E-state index contributed by atoms with van der Waals surface area (Å²) in [7, 11) is 1.51. The zero-order valence-corrected chi connectivity index (χ0v) is 14.5. The van der Waals surface area contributed by atoms with Gasteiger partial charge in [-0.05, 0) is 35.7 Å². The van der Waals surface area contributed by atoms with Gasteiger partial charge in [0.05, 0.1) is 13.3 Å². The third kappa shape index (κ3) is 5.53. The van der Waals surface area contributed by atoms with Gasteiger partial charge in [0.25, 0.3) is 5.91 Å². The Morgan fingerprint density at radius 1 is 1.20 bits per heavy atom. The fourth-order valence-electron chi connectivity index (χ4n) is 2.06. The molecule has 0 aliphatic rings. The highest BCUT2D eigenvalue weighted by Gasteiger charge is 2.04. The van der Waals surface area contributed by atoms with E-state index in [1.807, 2.05) is 24.3 Å². The largest absolute Gasteiger partial charge is 0.507 e. The summed E-state index contributed by atoms with van der Waals surface area (Å²) in [6.07, 6.45) is 1.35. The second-order valence-electron chi connectivity index (χ2n) is 5.73. The van der Waals surface area contributed by atoms with Crippen molar-refractivity contribution >= 4 is 12.1 Å². The van der Waals surface area contributed by atoms with Gasteiger partial charge >= 0.3 is 0 Å². The minimum absolute atomic E-state index is 0.0128. The molecule has 0 saturated carbocycles. The van der Waals surface area contributed by atoms with Crippen molar-refractivity contribution in [3.63, 3.8) is 0 Å². The SMILES string of the molecule is COc1ccc(C=NNC(=O)COc2ccc(C(C)C)cc2)c(O)c1. The van der Waals surface area contributed by atoms with Crippen molar-refractivity contribution in [1.29, 1.82) is 0 Å². The lowest BCUT2D eigenvalue weighted by atomic mass is 10.0. The number of ether oxygens (including phenoxy) is 2. The summed E-state index contributed by atoms with van der Waals surface area (Å²) in [6.45, 7) is 4.08. The first kappa shape index (κ1) is 18.3. The van der Waals surface area contributed by atoms with Crippen LogP contribution in [0.5, 0.6) is 17.2 Å². The second kappa shape index (κ2) is 8.73. The predicted octanol–water partition coefficient (Wildman–Crippen LogP) is 3.05. The van der Waals surface area contributed by atoms with Gasteiger partial charge in [0.15, 0.2) is 6.61 Å². The number of amides is 1. The minimum atomic E-state index is -0.391. The molecule has 0 bridgehead atoms. The van der Waals surface area contributed by atoms with Gasteiger partial charge in [-0.3, -0.25) is 4.79 Å². The normalized spacial score (nSPS) is 10.9. The summed E-state index contributed by atoms with van der Waals surface area (Å²) >= 11 is 0. The number of methoxy groups -OCH3 is 1. The van der Waals surface area contributed by atoms with E-state index in [1.165, 1.54) is 25.0 Å². The Morgan fingerprint density at radius 2 is 1.88 bits per heavy atom. The molecule has 0 unspecified atom stereocenters. The van der Waals surface area contributed by atoms with Crippen LogP contribution in [0.15, 0.2) is 47.6 Å². The lowest BCUT2D eigenvalue weighted by molar-refractivity contribution is -0.123. The van der Waals surface area contributed by atoms with Crippen LogP contribution in [0.25, 0.3) is 0 Å². The van der Waals surface area contributed by atoms with Crippen LogP contribution in [0.2, 0.25) is 0 Å². The molecule has 0 aliphatic heterocycles. The molecule has 25 heavy (non-hydrogen) atoms. The van der Waals surface area contributed by atoms with Gasteiger partial charge in [0.2, 0.25) is 0 Å². The Morgan fingerprint density at radius 3 is 2.48 bits per heavy atom. The lowest BCUT2D eigenvalue weighted by Gasteiger charge is -2.08. The summed E-state index contributed by atoms with van der Waals surface area (Å²) in [5, 5.41) is 13.6. The molecule has 0 saturated heterocycles. The van der Waals surface area contributed by atoms with Crippen molar-refractivity contribution in [3.8, 4) is 17.2 Å². The van der Waals surface area contributed by atoms with E-state index in [-0.39, 0.29) is 12.4 Å². The van der Waals surface area contributed by atoms with Crippen LogP contribution in [0, 0.1) is 0 Å². The maximum absolute atomic E-state index is 11.7. The molecule has 132 valence electrons.